The van der Waals surface area contributed by atoms with Gasteiger partial charge in [-0.3, -0.25) is 0 Å². The van der Waals surface area contributed by atoms with Gasteiger partial charge in [-0.15, -0.1) is 6.58 Å². The summed E-state index contributed by atoms with van der Waals surface area (Å²) >= 11 is 0. The fourth-order valence-electron chi connectivity index (χ4n) is 1.11. The molecule has 0 rings (SSSR count). The van der Waals surface area contributed by atoms with Gasteiger partial charge in [-0.25, -0.2) is 0 Å². The SMILES string of the molecule is C=CC(C(C)C)[SiH](OC)OC. The van der Waals surface area contributed by atoms with Crippen LogP contribution in [0.25, 0.3) is 0 Å². The van der Waals surface area contributed by atoms with Crippen molar-refractivity contribution < 1.29 is 8.85 Å². The highest BCUT2D eigenvalue weighted by atomic mass is 28.3. The van der Waals surface area contributed by atoms with Gasteiger partial charge in [-0.1, -0.05) is 19.9 Å². The molecule has 0 aliphatic rings. The molecule has 0 aliphatic heterocycles. The van der Waals surface area contributed by atoms with Gasteiger partial charge in [0.1, 0.15) is 0 Å². The molecule has 0 amide bonds. The Kier molecular flexibility index (Phi) is 5.46. The van der Waals surface area contributed by atoms with E-state index in [1.807, 2.05) is 6.08 Å². The summed E-state index contributed by atoms with van der Waals surface area (Å²) in [5, 5.41) is 0. The van der Waals surface area contributed by atoms with Crippen LogP contribution < -0.4 is 0 Å². The lowest BCUT2D eigenvalue weighted by Gasteiger charge is -2.22. The van der Waals surface area contributed by atoms with E-state index in [1.54, 1.807) is 14.2 Å². The Labute approximate surface area is 71.1 Å². The molecule has 0 aliphatic carbocycles. The summed E-state index contributed by atoms with van der Waals surface area (Å²) in [4.78, 5) is 0. The summed E-state index contributed by atoms with van der Waals surface area (Å²) < 4.78 is 10.5. The molecule has 0 aromatic heterocycles. The van der Waals surface area contributed by atoms with E-state index in [4.69, 9.17) is 8.85 Å². The van der Waals surface area contributed by atoms with Crippen molar-refractivity contribution in [2.45, 2.75) is 19.4 Å². The van der Waals surface area contributed by atoms with Crippen molar-refractivity contribution >= 4 is 9.28 Å². The van der Waals surface area contributed by atoms with Crippen LogP contribution in [0.4, 0.5) is 0 Å². The monoisotopic (exact) mass is 174 g/mol. The Bertz CT molecular complexity index is 111. The van der Waals surface area contributed by atoms with E-state index in [2.05, 4.69) is 20.4 Å². The maximum atomic E-state index is 5.26. The Morgan fingerprint density at radius 2 is 1.73 bits per heavy atom. The van der Waals surface area contributed by atoms with E-state index in [1.165, 1.54) is 0 Å². The van der Waals surface area contributed by atoms with E-state index < -0.39 is 9.28 Å². The number of rotatable bonds is 5. The highest BCUT2D eigenvalue weighted by Crippen LogP contribution is 2.22. The van der Waals surface area contributed by atoms with Gasteiger partial charge >= 0.3 is 9.28 Å². The lowest BCUT2D eigenvalue weighted by atomic mass is 10.1. The van der Waals surface area contributed by atoms with Crippen LogP contribution in [0.15, 0.2) is 12.7 Å². The second kappa shape index (κ2) is 5.52. The predicted octanol–water partition coefficient (Wildman–Crippen LogP) is 1.71. The summed E-state index contributed by atoms with van der Waals surface area (Å²) in [6, 6.07) is 0. The molecule has 11 heavy (non-hydrogen) atoms. The molecule has 0 N–H and O–H groups in total. The van der Waals surface area contributed by atoms with Gasteiger partial charge < -0.3 is 8.85 Å². The first-order valence-corrected chi connectivity index (χ1v) is 5.46. The minimum Gasteiger partial charge on any atom is -0.400 e. The largest absolute Gasteiger partial charge is 0.400 e. The summed E-state index contributed by atoms with van der Waals surface area (Å²) in [7, 11) is 1.93. The second-order valence-corrected chi connectivity index (χ2v) is 5.35. The summed E-state index contributed by atoms with van der Waals surface area (Å²) in [5.74, 6) is 0.559. The molecule has 0 fully saturated rings. The van der Waals surface area contributed by atoms with Crippen LogP contribution in [0, 0.1) is 5.92 Å². The van der Waals surface area contributed by atoms with Crippen molar-refractivity contribution in [3.05, 3.63) is 12.7 Å². The third-order valence-corrected chi connectivity index (χ3v) is 4.42. The fourth-order valence-corrected chi connectivity index (χ4v) is 2.78. The molecule has 66 valence electrons. The molecule has 2 nitrogen and oxygen atoms in total. The number of hydrogen-bond acceptors (Lipinski definition) is 2. The van der Waals surface area contributed by atoms with Gasteiger partial charge in [0.15, 0.2) is 0 Å². The Hall–Kier alpha value is -0.123. The van der Waals surface area contributed by atoms with Crippen LogP contribution in [0.1, 0.15) is 13.8 Å². The average molecular weight is 174 g/mol. The van der Waals surface area contributed by atoms with E-state index in [9.17, 15) is 0 Å². The maximum absolute atomic E-state index is 5.26. The van der Waals surface area contributed by atoms with Crippen molar-refractivity contribution in [1.29, 1.82) is 0 Å². The standard InChI is InChI=1S/C8H18O2Si/c1-6-8(7(2)3)11(9-4)10-5/h6-8,11H,1H2,2-5H3. The Morgan fingerprint density at radius 3 is 1.82 bits per heavy atom. The highest BCUT2D eigenvalue weighted by Gasteiger charge is 2.23. The van der Waals surface area contributed by atoms with Gasteiger partial charge in [0.2, 0.25) is 0 Å². The molecule has 1 unspecified atom stereocenters. The van der Waals surface area contributed by atoms with Crippen molar-refractivity contribution in [3.63, 3.8) is 0 Å². The molecule has 1 atom stereocenters. The molecule has 0 saturated heterocycles. The van der Waals surface area contributed by atoms with Crippen LogP contribution >= 0.6 is 0 Å². The van der Waals surface area contributed by atoms with Gasteiger partial charge in [0, 0.05) is 19.8 Å². The summed E-state index contributed by atoms with van der Waals surface area (Å²) in [5.41, 5.74) is 0.407. The normalized spacial score (nSPS) is 14.0. The van der Waals surface area contributed by atoms with Crippen molar-refractivity contribution in [1.82, 2.24) is 0 Å². The van der Waals surface area contributed by atoms with Crippen LogP contribution in [0.2, 0.25) is 5.54 Å². The fraction of sp³-hybridized carbons (Fsp3) is 0.750. The number of allylic oxidation sites excluding steroid dienone is 1. The second-order valence-electron chi connectivity index (χ2n) is 2.90. The van der Waals surface area contributed by atoms with Crippen LogP contribution in [0.5, 0.6) is 0 Å². The van der Waals surface area contributed by atoms with Crippen LogP contribution in [-0.4, -0.2) is 23.5 Å². The molecule has 0 aromatic rings. The quantitative estimate of drug-likeness (QED) is 0.466. The predicted molar refractivity (Wildman–Crippen MR) is 50.0 cm³/mol. The minimum atomic E-state index is -1.48. The van der Waals surface area contributed by atoms with E-state index >= 15 is 0 Å². The van der Waals surface area contributed by atoms with Crippen molar-refractivity contribution in [2.75, 3.05) is 14.2 Å². The van der Waals surface area contributed by atoms with Gasteiger partial charge in [0.05, 0.1) is 0 Å². The van der Waals surface area contributed by atoms with Crippen molar-refractivity contribution in [2.24, 2.45) is 5.92 Å². The first-order valence-electron chi connectivity index (χ1n) is 3.85. The number of hydrogen-bond donors (Lipinski definition) is 0. The zero-order valence-electron chi connectivity index (χ0n) is 7.83. The molecule has 0 spiro atoms. The lowest BCUT2D eigenvalue weighted by molar-refractivity contribution is 0.262. The Balaban J connectivity index is 4.08. The molecular weight excluding hydrogens is 156 g/mol. The molecule has 0 heterocycles. The van der Waals surface area contributed by atoms with Gasteiger partial charge in [0.25, 0.3) is 0 Å². The first-order chi connectivity index (χ1) is 5.17. The third-order valence-electron chi connectivity index (χ3n) is 1.82. The third kappa shape index (κ3) is 3.18. The highest BCUT2D eigenvalue weighted by molar-refractivity contribution is 6.47. The van der Waals surface area contributed by atoms with E-state index in [0.717, 1.165) is 0 Å². The summed E-state index contributed by atoms with van der Waals surface area (Å²) in [6.45, 7) is 8.09. The lowest BCUT2D eigenvalue weighted by Crippen LogP contribution is -2.28. The van der Waals surface area contributed by atoms with E-state index in [-0.39, 0.29) is 0 Å². The minimum absolute atomic E-state index is 0.407. The van der Waals surface area contributed by atoms with Crippen LogP contribution in [-0.2, 0) is 8.85 Å². The van der Waals surface area contributed by atoms with Crippen LogP contribution in [0.3, 0.4) is 0 Å². The molecule has 0 aromatic carbocycles. The van der Waals surface area contributed by atoms with E-state index in [0.29, 0.717) is 11.5 Å². The first kappa shape index (κ1) is 10.9. The van der Waals surface area contributed by atoms with Crippen molar-refractivity contribution in [3.8, 4) is 0 Å². The average Bonchev–Trinajstić information content (AvgIpc) is 1.99. The van der Waals surface area contributed by atoms with Gasteiger partial charge in [-0.2, -0.15) is 0 Å². The topological polar surface area (TPSA) is 18.5 Å². The zero-order chi connectivity index (χ0) is 8.85. The smallest absolute Gasteiger partial charge is 0.328 e. The maximum Gasteiger partial charge on any atom is 0.328 e. The molecular formula is C8H18O2Si. The molecule has 0 bridgehead atoms. The summed E-state index contributed by atoms with van der Waals surface area (Å²) in [6.07, 6.45) is 1.94. The molecule has 0 saturated carbocycles. The molecule has 0 radical (unpaired) electrons. The molecule has 3 heteroatoms. The van der Waals surface area contributed by atoms with Gasteiger partial charge in [-0.05, 0) is 5.92 Å². The zero-order valence-corrected chi connectivity index (χ0v) is 8.99. The Morgan fingerprint density at radius 1 is 1.27 bits per heavy atom.